The second kappa shape index (κ2) is 9.59. The van der Waals surface area contributed by atoms with Gasteiger partial charge in [-0.25, -0.2) is 0 Å². The summed E-state index contributed by atoms with van der Waals surface area (Å²) in [6.45, 7) is 6.81. The molecular formula is C43H46HfSi. The first kappa shape index (κ1) is 30.3. The molecule has 2 aliphatic rings. The maximum absolute atomic E-state index is 5.09. The number of hydrogen-bond acceptors (Lipinski definition) is 0. The summed E-state index contributed by atoms with van der Waals surface area (Å²) < 4.78 is 10.4. The van der Waals surface area contributed by atoms with Crippen molar-refractivity contribution < 1.29 is 14.2 Å². The van der Waals surface area contributed by atoms with Crippen LogP contribution in [0.5, 0.6) is 0 Å². The summed E-state index contributed by atoms with van der Waals surface area (Å²) in [7, 11) is 0. The van der Waals surface area contributed by atoms with E-state index < -0.39 is 14.2 Å². The normalized spacial score (nSPS) is 19.3. The topological polar surface area (TPSA) is 0 Å². The fraction of sp³-hybridized carbons (Fsp3) is 0.209. The fourth-order valence-electron chi connectivity index (χ4n) is 9.06. The van der Waals surface area contributed by atoms with E-state index >= 15 is 0 Å². The van der Waals surface area contributed by atoms with Gasteiger partial charge in [-0.15, -0.1) is 0 Å². The molecule has 7 rings (SSSR count). The summed E-state index contributed by atoms with van der Waals surface area (Å²) in [4.78, 5) is 0. The molecule has 0 aliphatic heterocycles. The molecule has 2 aliphatic carbocycles. The zero-order chi connectivity index (χ0) is 31.6. The molecule has 0 amide bonds. The standard InChI is InChI=1S/2C16H13.C8H9.3CH3.Hf.H2Si/c2*1-12-8-10-14(11-9-12)16-7-3-5-13-4-2-6-15(13)16;1-2-8-6-4-3-5-7-8;;;;;/h2*2-11H,1H3;3-7H,1-2H2;3*1H3;;1H2. The van der Waals surface area contributed by atoms with Crippen molar-refractivity contribution in [3.8, 4) is 22.3 Å². The molecule has 5 aromatic rings. The third-order valence-electron chi connectivity index (χ3n) is 12.2. The maximum atomic E-state index is 2.82. The van der Waals surface area contributed by atoms with Crippen LogP contribution >= 0.6 is 0 Å². The third kappa shape index (κ3) is 4.88. The molecule has 226 valence electrons. The van der Waals surface area contributed by atoms with Gasteiger partial charge in [0.15, 0.2) is 0 Å². The molecule has 0 spiro atoms. The van der Waals surface area contributed by atoms with Crippen LogP contribution in [0.1, 0.15) is 46.3 Å². The van der Waals surface area contributed by atoms with Gasteiger partial charge in [0.25, 0.3) is 0 Å². The number of rotatable bonds is 7. The van der Waals surface area contributed by atoms with Gasteiger partial charge in [0.05, 0.1) is 0 Å². The molecule has 0 radical (unpaired) electrons. The average molecular weight is 769 g/mol. The summed E-state index contributed by atoms with van der Waals surface area (Å²) in [6.07, 6.45) is 11.3. The average Bonchev–Trinajstić information content (AvgIpc) is 3.69. The van der Waals surface area contributed by atoms with E-state index in [4.69, 9.17) is 0 Å². The Kier molecular flexibility index (Phi) is 6.47. The van der Waals surface area contributed by atoms with Crippen molar-refractivity contribution >= 4 is 19.1 Å². The van der Waals surface area contributed by atoms with E-state index in [0.29, 0.717) is 7.35 Å². The fourth-order valence-corrected chi connectivity index (χ4v) is 45.9. The predicted molar refractivity (Wildman–Crippen MR) is 198 cm³/mol. The molecule has 0 aromatic heterocycles. The van der Waals surface area contributed by atoms with Crippen LogP contribution < -0.4 is 0 Å². The molecule has 2 heteroatoms. The van der Waals surface area contributed by atoms with Gasteiger partial charge in [-0.3, -0.25) is 0 Å². The minimum absolute atomic E-state index is 0.375. The first-order valence-corrected chi connectivity index (χ1v) is 42.5. The number of benzene rings is 5. The van der Waals surface area contributed by atoms with Crippen molar-refractivity contribution in [3.63, 3.8) is 0 Å². The van der Waals surface area contributed by atoms with Gasteiger partial charge < -0.3 is 0 Å². The summed E-state index contributed by atoms with van der Waals surface area (Å²) in [5, 5.41) is 0. The van der Waals surface area contributed by atoms with Gasteiger partial charge >= 0.3 is 268 Å². The van der Waals surface area contributed by atoms with Crippen LogP contribution in [0.3, 0.4) is 0 Å². The van der Waals surface area contributed by atoms with Crippen LogP contribution in [-0.4, -0.2) is 6.94 Å². The molecule has 0 N–H and O–H groups in total. The molecule has 5 aromatic carbocycles. The molecule has 0 heterocycles. The van der Waals surface area contributed by atoms with Crippen molar-refractivity contribution in [2.24, 2.45) is 0 Å². The van der Waals surface area contributed by atoms with Crippen LogP contribution in [0.2, 0.25) is 18.2 Å². The Morgan fingerprint density at radius 1 is 0.533 bits per heavy atom. The van der Waals surface area contributed by atoms with E-state index in [9.17, 15) is 0 Å². The van der Waals surface area contributed by atoms with E-state index in [1.54, 1.807) is 0 Å². The summed E-state index contributed by atoms with van der Waals surface area (Å²) >= 11 is -5.09. The van der Waals surface area contributed by atoms with Gasteiger partial charge in [-0.05, 0) is 0 Å². The van der Waals surface area contributed by atoms with Gasteiger partial charge in [0.1, 0.15) is 0 Å². The first-order chi connectivity index (χ1) is 21.3. The van der Waals surface area contributed by atoms with Crippen molar-refractivity contribution in [3.05, 3.63) is 166 Å². The van der Waals surface area contributed by atoms with Crippen molar-refractivity contribution in [1.82, 2.24) is 0 Å². The quantitative estimate of drug-likeness (QED) is 0.145. The SMILES string of the molecule is Cc1ccc(-c2cccc3c2C=C[CH]3[Hf]([CH3])([CH3])([CH3])(=[SiH2])([CH2]Cc2ccccc2)[CH]2C=Cc3c(-c4ccc(C)cc4)cccc32)cc1. The number of aryl methyl sites for hydroxylation is 3. The van der Waals surface area contributed by atoms with E-state index in [1.165, 1.54) is 65.4 Å². The van der Waals surface area contributed by atoms with Crippen LogP contribution in [-0.2, 0) is 20.6 Å². The Bertz CT molecular complexity index is 2020. The zero-order valence-corrected chi connectivity index (χ0v) is 32.6. The van der Waals surface area contributed by atoms with Gasteiger partial charge in [-0.1, -0.05) is 0 Å². The third-order valence-corrected chi connectivity index (χ3v) is 57.8. The number of fused-ring (bicyclic) bond motifs is 2. The van der Waals surface area contributed by atoms with Crippen molar-refractivity contribution in [2.45, 2.75) is 45.8 Å². The summed E-state index contributed by atoms with van der Waals surface area (Å²) in [5.74, 6) is 0. The van der Waals surface area contributed by atoms with Gasteiger partial charge in [0, 0.05) is 0 Å². The van der Waals surface area contributed by atoms with E-state index in [1.807, 2.05) is 0 Å². The molecule has 0 nitrogen and oxygen atoms in total. The molecular weight excluding hydrogens is 723 g/mol. The Hall–Kier alpha value is -3.33. The second-order valence-corrected chi connectivity index (χ2v) is 99.3. The molecule has 0 fully saturated rings. The van der Waals surface area contributed by atoms with E-state index in [2.05, 4.69) is 174 Å². The Balaban J connectivity index is 1.44. The minimum atomic E-state index is -5.09. The van der Waals surface area contributed by atoms with Gasteiger partial charge in [0.2, 0.25) is 0 Å². The Morgan fingerprint density at radius 3 is 1.42 bits per heavy atom. The summed E-state index contributed by atoms with van der Waals surface area (Å²) in [5.41, 5.74) is 15.2. The molecule has 0 bridgehead atoms. The molecule has 2 unspecified atom stereocenters. The molecule has 0 saturated heterocycles. The van der Waals surface area contributed by atoms with Crippen molar-refractivity contribution in [2.75, 3.05) is 0 Å². The number of hydrogen-bond donors (Lipinski definition) is 0. The zero-order valence-electron chi connectivity index (χ0n) is 27.6. The summed E-state index contributed by atoms with van der Waals surface area (Å²) in [6, 6.07) is 43.5. The van der Waals surface area contributed by atoms with Crippen LogP contribution in [0, 0.1) is 13.8 Å². The second-order valence-electron chi connectivity index (χ2n) is 17.6. The Morgan fingerprint density at radius 2 is 0.978 bits per heavy atom. The van der Waals surface area contributed by atoms with Gasteiger partial charge in [-0.2, -0.15) is 0 Å². The number of allylic oxidation sites excluding steroid dienone is 2. The van der Waals surface area contributed by atoms with E-state index in [0.717, 1.165) is 6.42 Å². The monoisotopic (exact) mass is 770 g/mol. The van der Waals surface area contributed by atoms with Crippen LogP contribution in [0.25, 0.3) is 34.4 Å². The van der Waals surface area contributed by atoms with Crippen molar-refractivity contribution in [1.29, 1.82) is 0 Å². The van der Waals surface area contributed by atoms with E-state index in [-0.39, 0.29) is 0 Å². The molecule has 2 atom stereocenters. The molecule has 45 heavy (non-hydrogen) atoms. The molecule has 0 saturated carbocycles. The van der Waals surface area contributed by atoms with Crippen LogP contribution in [0.4, 0.5) is 0 Å². The predicted octanol–water partition coefficient (Wildman–Crippen LogP) is 11.6. The van der Waals surface area contributed by atoms with Crippen LogP contribution in [0.15, 0.2) is 127 Å². The first-order valence-electron chi connectivity index (χ1n) is 16.7. The Labute approximate surface area is 266 Å².